The molecular formula is C14H18N2O3. The van der Waals surface area contributed by atoms with Crippen LogP contribution in [0.2, 0.25) is 0 Å². The normalized spacial score (nSPS) is 10.9. The third-order valence-corrected chi connectivity index (χ3v) is 2.47. The van der Waals surface area contributed by atoms with Crippen molar-refractivity contribution in [2.24, 2.45) is 0 Å². The highest BCUT2D eigenvalue weighted by Gasteiger charge is 2.06. The monoisotopic (exact) mass is 262 g/mol. The molecule has 0 aliphatic carbocycles. The van der Waals surface area contributed by atoms with Gasteiger partial charge in [-0.15, -0.1) is 0 Å². The van der Waals surface area contributed by atoms with Gasteiger partial charge in [-0.3, -0.25) is 4.79 Å². The van der Waals surface area contributed by atoms with Gasteiger partial charge in [-0.05, 0) is 44.8 Å². The van der Waals surface area contributed by atoms with Crippen molar-refractivity contribution >= 4 is 17.6 Å². The van der Waals surface area contributed by atoms with E-state index in [-0.39, 0.29) is 11.5 Å². The van der Waals surface area contributed by atoms with Crippen molar-refractivity contribution in [3.8, 4) is 0 Å². The average Bonchev–Trinajstić information content (AvgIpc) is 2.31. The Labute approximate surface area is 112 Å². The number of carbonyl (C=O) groups is 2. The molecule has 1 rings (SSSR count). The van der Waals surface area contributed by atoms with Crippen LogP contribution in [0.4, 0.5) is 5.69 Å². The van der Waals surface area contributed by atoms with Crippen molar-refractivity contribution in [3.05, 3.63) is 41.5 Å². The molecule has 0 aliphatic heterocycles. The van der Waals surface area contributed by atoms with Gasteiger partial charge in [0, 0.05) is 18.3 Å². The molecule has 102 valence electrons. The summed E-state index contributed by atoms with van der Waals surface area (Å²) in [6.07, 6.45) is 3.22. The molecular weight excluding hydrogens is 244 g/mol. The quantitative estimate of drug-likeness (QED) is 0.793. The van der Waals surface area contributed by atoms with Crippen LogP contribution in [0, 0.1) is 6.92 Å². The second kappa shape index (κ2) is 6.70. The third-order valence-electron chi connectivity index (χ3n) is 2.47. The number of hydrogen-bond acceptors (Lipinski definition) is 3. The number of carboxylic acids is 1. The van der Waals surface area contributed by atoms with Crippen LogP contribution in [0.15, 0.2) is 30.4 Å². The number of anilines is 1. The second-order valence-corrected chi connectivity index (χ2v) is 4.49. The lowest BCUT2D eigenvalue weighted by Gasteiger charge is -2.07. The van der Waals surface area contributed by atoms with Crippen LogP contribution in [-0.4, -0.2) is 42.5 Å². The number of hydrogen-bond donors (Lipinski definition) is 2. The summed E-state index contributed by atoms with van der Waals surface area (Å²) >= 11 is 0. The Morgan fingerprint density at radius 1 is 1.37 bits per heavy atom. The van der Waals surface area contributed by atoms with Gasteiger partial charge in [0.15, 0.2) is 0 Å². The van der Waals surface area contributed by atoms with Crippen LogP contribution in [0.25, 0.3) is 0 Å². The number of carbonyl (C=O) groups excluding carboxylic acids is 1. The molecule has 2 N–H and O–H groups in total. The molecule has 0 saturated carbocycles. The van der Waals surface area contributed by atoms with Gasteiger partial charge < -0.3 is 15.3 Å². The predicted molar refractivity (Wildman–Crippen MR) is 74.5 cm³/mol. The van der Waals surface area contributed by atoms with E-state index in [1.54, 1.807) is 19.1 Å². The smallest absolute Gasteiger partial charge is 0.335 e. The minimum atomic E-state index is -0.980. The molecule has 0 bridgehead atoms. The number of nitrogens with zero attached hydrogens (tertiary/aromatic N) is 1. The van der Waals surface area contributed by atoms with E-state index in [2.05, 4.69) is 5.32 Å². The number of rotatable bonds is 5. The van der Waals surface area contributed by atoms with Gasteiger partial charge in [-0.25, -0.2) is 4.79 Å². The summed E-state index contributed by atoms with van der Waals surface area (Å²) in [4.78, 5) is 24.4. The topological polar surface area (TPSA) is 69.6 Å². The minimum absolute atomic E-state index is 0.207. The Morgan fingerprint density at radius 2 is 2.05 bits per heavy atom. The maximum Gasteiger partial charge on any atom is 0.335 e. The molecule has 0 unspecified atom stereocenters. The Bertz CT molecular complexity index is 507. The van der Waals surface area contributed by atoms with E-state index in [1.165, 1.54) is 18.2 Å². The van der Waals surface area contributed by atoms with Gasteiger partial charge in [-0.1, -0.05) is 6.08 Å². The fourth-order valence-corrected chi connectivity index (χ4v) is 1.48. The van der Waals surface area contributed by atoms with E-state index < -0.39 is 5.97 Å². The van der Waals surface area contributed by atoms with Crippen LogP contribution < -0.4 is 5.32 Å². The lowest BCUT2D eigenvalue weighted by atomic mass is 10.1. The SMILES string of the molecule is Cc1cc(C(=O)O)ccc1NC(=O)/C=C/CN(C)C. The van der Waals surface area contributed by atoms with Gasteiger partial charge in [0.05, 0.1) is 5.56 Å². The standard InChI is InChI=1S/C14H18N2O3/c1-10-9-11(14(18)19)6-7-12(10)15-13(17)5-4-8-16(2)3/h4-7,9H,8H2,1-3H3,(H,15,17)(H,18,19)/b5-4+. The van der Waals surface area contributed by atoms with Crippen molar-refractivity contribution in [3.63, 3.8) is 0 Å². The molecule has 5 nitrogen and oxygen atoms in total. The lowest BCUT2D eigenvalue weighted by molar-refractivity contribution is -0.111. The first-order chi connectivity index (χ1) is 8.90. The maximum absolute atomic E-state index is 11.6. The summed E-state index contributed by atoms with van der Waals surface area (Å²) in [5, 5.41) is 11.6. The lowest BCUT2D eigenvalue weighted by Crippen LogP contribution is -2.13. The summed E-state index contributed by atoms with van der Waals surface area (Å²) in [5.74, 6) is -1.21. The average molecular weight is 262 g/mol. The highest BCUT2D eigenvalue weighted by Crippen LogP contribution is 2.16. The fraction of sp³-hybridized carbons (Fsp3) is 0.286. The molecule has 19 heavy (non-hydrogen) atoms. The van der Waals surface area contributed by atoms with Crippen LogP contribution in [-0.2, 0) is 4.79 Å². The Morgan fingerprint density at radius 3 is 2.58 bits per heavy atom. The van der Waals surface area contributed by atoms with E-state index in [4.69, 9.17) is 5.11 Å². The zero-order chi connectivity index (χ0) is 14.4. The van der Waals surface area contributed by atoms with Crippen molar-refractivity contribution in [1.29, 1.82) is 0 Å². The van der Waals surface area contributed by atoms with Crippen LogP contribution >= 0.6 is 0 Å². The molecule has 1 aromatic rings. The zero-order valence-electron chi connectivity index (χ0n) is 11.3. The molecule has 1 aromatic carbocycles. The van der Waals surface area contributed by atoms with Gasteiger partial charge in [-0.2, -0.15) is 0 Å². The van der Waals surface area contributed by atoms with E-state index in [0.29, 0.717) is 17.8 Å². The first-order valence-corrected chi connectivity index (χ1v) is 5.86. The zero-order valence-corrected chi connectivity index (χ0v) is 11.3. The molecule has 0 aromatic heterocycles. The van der Waals surface area contributed by atoms with E-state index >= 15 is 0 Å². The van der Waals surface area contributed by atoms with Gasteiger partial charge in [0.25, 0.3) is 0 Å². The second-order valence-electron chi connectivity index (χ2n) is 4.49. The Hall–Kier alpha value is -2.14. The van der Waals surface area contributed by atoms with Crippen molar-refractivity contribution in [1.82, 2.24) is 4.90 Å². The number of carboxylic acid groups (broad SMARTS) is 1. The molecule has 0 aliphatic rings. The van der Waals surface area contributed by atoms with Gasteiger partial charge in [0.1, 0.15) is 0 Å². The molecule has 0 atom stereocenters. The fourth-order valence-electron chi connectivity index (χ4n) is 1.48. The van der Waals surface area contributed by atoms with Crippen molar-refractivity contribution in [2.75, 3.05) is 26.0 Å². The number of aromatic carboxylic acids is 1. The number of aryl methyl sites for hydroxylation is 1. The van der Waals surface area contributed by atoms with Gasteiger partial charge in [0.2, 0.25) is 5.91 Å². The number of nitrogens with one attached hydrogen (secondary N) is 1. The molecule has 0 saturated heterocycles. The molecule has 0 heterocycles. The summed E-state index contributed by atoms with van der Waals surface area (Å²) in [6.45, 7) is 2.44. The van der Waals surface area contributed by atoms with E-state index in [1.807, 2.05) is 19.0 Å². The molecule has 0 spiro atoms. The summed E-state index contributed by atoms with van der Waals surface area (Å²) < 4.78 is 0. The third kappa shape index (κ3) is 4.93. The number of amides is 1. The first-order valence-electron chi connectivity index (χ1n) is 5.86. The minimum Gasteiger partial charge on any atom is -0.478 e. The van der Waals surface area contributed by atoms with Gasteiger partial charge >= 0.3 is 5.97 Å². The highest BCUT2D eigenvalue weighted by atomic mass is 16.4. The van der Waals surface area contributed by atoms with Crippen LogP contribution in [0.5, 0.6) is 0 Å². The molecule has 0 radical (unpaired) electrons. The van der Waals surface area contributed by atoms with Crippen LogP contribution in [0.3, 0.4) is 0 Å². The van der Waals surface area contributed by atoms with Crippen molar-refractivity contribution in [2.45, 2.75) is 6.92 Å². The largest absolute Gasteiger partial charge is 0.478 e. The van der Waals surface area contributed by atoms with E-state index in [0.717, 1.165) is 0 Å². The molecule has 1 amide bonds. The van der Waals surface area contributed by atoms with E-state index in [9.17, 15) is 9.59 Å². The number of benzene rings is 1. The van der Waals surface area contributed by atoms with Crippen molar-refractivity contribution < 1.29 is 14.7 Å². The summed E-state index contributed by atoms with van der Waals surface area (Å²) in [5.41, 5.74) is 1.54. The Balaban J connectivity index is 2.70. The summed E-state index contributed by atoms with van der Waals surface area (Å²) in [7, 11) is 3.83. The molecule has 5 heteroatoms. The Kier molecular flexibility index (Phi) is 5.26. The first kappa shape index (κ1) is 14.9. The summed E-state index contributed by atoms with van der Waals surface area (Å²) in [6, 6.07) is 4.59. The number of likely N-dealkylation sites (N-methyl/N-ethyl adjacent to an activating group) is 1. The predicted octanol–water partition coefficient (Wildman–Crippen LogP) is 1.75. The van der Waals surface area contributed by atoms with Crippen LogP contribution in [0.1, 0.15) is 15.9 Å². The molecule has 0 fully saturated rings. The highest BCUT2D eigenvalue weighted by molar-refractivity contribution is 6.00. The maximum atomic E-state index is 11.6.